The summed E-state index contributed by atoms with van der Waals surface area (Å²) < 4.78 is 4.60. The highest BCUT2D eigenvalue weighted by Gasteiger charge is 2.16. The van der Waals surface area contributed by atoms with Crippen molar-refractivity contribution in [1.82, 2.24) is 10.3 Å². The number of nitrogens with two attached hydrogens (primary N) is 1. The van der Waals surface area contributed by atoms with E-state index in [2.05, 4.69) is 20.4 Å². The maximum absolute atomic E-state index is 11.9. The van der Waals surface area contributed by atoms with Crippen molar-refractivity contribution in [2.75, 3.05) is 24.7 Å². The van der Waals surface area contributed by atoms with Crippen LogP contribution < -0.4 is 16.4 Å². The van der Waals surface area contributed by atoms with E-state index in [-0.39, 0.29) is 17.4 Å². The number of nitrogen functional groups attached to an aromatic ring is 1. The molecule has 1 heterocycles. The number of methoxy groups -OCH3 is 1. The standard InChI is InChI=1S/C14H22N4O3/c1-8(2)7-16-13(19)9(3)17-12-10(15)5-6-11(18-12)14(20)21-4/h5-6,8-9H,7,15H2,1-4H3,(H,16,19)(H,17,18). The van der Waals surface area contributed by atoms with Crippen molar-refractivity contribution < 1.29 is 14.3 Å². The minimum absolute atomic E-state index is 0.129. The average molecular weight is 294 g/mol. The third kappa shape index (κ3) is 4.94. The van der Waals surface area contributed by atoms with Crippen LogP contribution >= 0.6 is 0 Å². The Bertz CT molecular complexity index is 517. The van der Waals surface area contributed by atoms with E-state index in [0.717, 1.165) is 0 Å². The number of pyridine rings is 1. The van der Waals surface area contributed by atoms with Gasteiger partial charge in [0.25, 0.3) is 0 Å². The lowest BCUT2D eigenvalue weighted by Crippen LogP contribution is -2.39. The number of amides is 1. The number of aromatic nitrogens is 1. The van der Waals surface area contributed by atoms with Gasteiger partial charge in [0.05, 0.1) is 12.8 Å². The molecule has 0 saturated carbocycles. The van der Waals surface area contributed by atoms with Crippen LogP contribution in [0.2, 0.25) is 0 Å². The molecule has 116 valence electrons. The van der Waals surface area contributed by atoms with Crippen LogP contribution in [-0.2, 0) is 9.53 Å². The smallest absolute Gasteiger partial charge is 0.356 e. The molecule has 0 spiro atoms. The first-order valence-corrected chi connectivity index (χ1v) is 6.74. The number of anilines is 2. The maximum Gasteiger partial charge on any atom is 0.356 e. The van der Waals surface area contributed by atoms with Crippen LogP contribution in [0.5, 0.6) is 0 Å². The van der Waals surface area contributed by atoms with Crippen LogP contribution in [0.3, 0.4) is 0 Å². The van der Waals surface area contributed by atoms with Crippen LogP contribution in [-0.4, -0.2) is 36.6 Å². The predicted octanol–water partition coefficient (Wildman–Crippen LogP) is 1.02. The third-order valence-electron chi connectivity index (χ3n) is 2.75. The zero-order valence-electron chi connectivity index (χ0n) is 12.8. The summed E-state index contributed by atoms with van der Waals surface area (Å²) in [7, 11) is 1.27. The van der Waals surface area contributed by atoms with Gasteiger partial charge in [0.15, 0.2) is 11.5 Å². The SMILES string of the molecule is COC(=O)c1ccc(N)c(NC(C)C(=O)NCC(C)C)n1. The number of carbonyl (C=O) groups excluding carboxylic acids is 2. The van der Waals surface area contributed by atoms with Crippen molar-refractivity contribution in [2.24, 2.45) is 5.92 Å². The van der Waals surface area contributed by atoms with E-state index in [1.165, 1.54) is 13.2 Å². The maximum atomic E-state index is 11.9. The fourth-order valence-corrected chi connectivity index (χ4v) is 1.53. The molecule has 1 atom stereocenters. The molecule has 0 aliphatic heterocycles. The second kappa shape index (κ2) is 7.47. The Balaban J connectivity index is 2.77. The first-order valence-electron chi connectivity index (χ1n) is 6.74. The van der Waals surface area contributed by atoms with E-state index < -0.39 is 12.0 Å². The van der Waals surface area contributed by atoms with Crippen molar-refractivity contribution in [1.29, 1.82) is 0 Å². The molecule has 21 heavy (non-hydrogen) atoms. The second-order valence-electron chi connectivity index (χ2n) is 5.13. The van der Waals surface area contributed by atoms with Gasteiger partial charge >= 0.3 is 5.97 Å². The highest BCUT2D eigenvalue weighted by Crippen LogP contribution is 2.17. The molecular formula is C14H22N4O3. The van der Waals surface area contributed by atoms with Gasteiger partial charge in [-0.3, -0.25) is 4.79 Å². The fraction of sp³-hybridized carbons (Fsp3) is 0.500. The summed E-state index contributed by atoms with van der Waals surface area (Å²) >= 11 is 0. The van der Waals surface area contributed by atoms with E-state index >= 15 is 0 Å². The molecular weight excluding hydrogens is 272 g/mol. The Morgan fingerprint density at radius 2 is 2.00 bits per heavy atom. The monoisotopic (exact) mass is 294 g/mol. The fourth-order valence-electron chi connectivity index (χ4n) is 1.53. The zero-order chi connectivity index (χ0) is 16.0. The van der Waals surface area contributed by atoms with Gasteiger partial charge in [-0.2, -0.15) is 0 Å². The van der Waals surface area contributed by atoms with E-state index in [1.807, 2.05) is 13.8 Å². The second-order valence-corrected chi connectivity index (χ2v) is 5.13. The zero-order valence-corrected chi connectivity index (χ0v) is 12.8. The molecule has 1 aromatic heterocycles. The number of nitrogens with one attached hydrogen (secondary N) is 2. The summed E-state index contributed by atoms with van der Waals surface area (Å²) in [6.07, 6.45) is 0. The Kier molecular flexibility index (Phi) is 5.95. The van der Waals surface area contributed by atoms with Crippen LogP contribution in [0.1, 0.15) is 31.3 Å². The van der Waals surface area contributed by atoms with E-state index in [0.29, 0.717) is 18.2 Å². The molecule has 0 bridgehead atoms. The lowest BCUT2D eigenvalue weighted by molar-refractivity contribution is -0.121. The summed E-state index contributed by atoms with van der Waals surface area (Å²) in [4.78, 5) is 27.4. The van der Waals surface area contributed by atoms with Crippen LogP contribution in [0, 0.1) is 5.92 Å². The first-order chi connectivity index (χ1) is 9.85. The largest absolute Gasteiger partial charge is 0.464 e. The van der Waals surface area contributed by atoms with Crippen LogP contribution in [0.25, 0.3) is 0 Å². The van der Waals surface area contributed by atoms with Crippen molar-refractivity contribution in [3.05, 3.63) is 17.8 Å². The topological polar surface area (TPSA) is 106 Å². The quantitative estimate of drug-likeness (QED) is 0.676. The minimum Gasteiger partial charge on any atom is -0.464 e. The molecule has 4 N–H and O–H groups in total. The Morgan fingerprint density at radius 1 is 1.33 bits per heavy atom. The average Bonchev–Trinajstić information content (AvgIpc) is 2.45. The third-order valence-corrected chi connectivity index (χ3v) is 2.75. The van der Waals surface area contributed by atoms with Gasteiger partial charge < -0.3 is 21.1 Å². The van der Waals surface area contributed by atoms with Gasteiger partial charge in [0.1, 0.15) is 6.04 Å². The minimum atomic E-state index is -0.560. The van der Waals surface area contributed by atoms with Crippen molar-refractivity contribution in [3.8, 4) is 0 Å². The van der Waals surface area contributed by atoms with Crippen LogP contribution in [0.4, 0.5) is 11.5 Å². The summed E-state index contributed by atoms with van der Waals surface area (Å²) in [5.41, 5.74) is 6.27. The van der Waals surface area contributed by atoms with E-state index in [4.69, 9.17) is 5.73 Å². The molecule has 1 aromatic rings. The molecule has 0 aromatic carbocycles. The Hall–Kier alpha value is -2.31. The number of hydrogen-bond acceptors (Lipinski definition) is 6. The number of esters is 1. The summed E-state index contributed by atoms with van der Waals surface area (Å²) in [6.45, 7) is 6.31. The normalized spacial score (nSPS) is 11.9. The van der Waals surface area contributed by atoms with Crippen LogP contribution in [0.15, 0.2) is 12.1 Å². The molecule has 7 nitrogen and oxygen atoms in total. The van der Waals surface area contributed by atoms with Gasteiger partial charge in [-0.05, 0) is 25.0 Å². The molecule has 0 fully saturated rings. The number of rotatable bonds is 6. The van der Waals surface area contributed by atoms with Crippen molar-refractivity contribution in [3.63, 3.8) is 0 Å². The Labute approximate surface area is 124 Å². The highest BCUT2D eigenvalue weighted by atomic mass is 16.5. The predicted molar refractivity (Wildman–Crippen MR) is 80.9 cm³/mol. The molecule has 0 saturated heterocycles. The molecule has 1 amide bonds. The summed E-state index contributed by atoms with van der Waals surface area (Å²) in [6, 6.07) is 2.49. The van der Waals surface area contributed by atoms with Gasteiger partial charge in [0.2, 0.25) is 5.91 Å². The molecule has 7 heteroatoms. The highest BCUT2D eigenvalue weighted by molar-refractivity contribution is 5.89. The molecule has 0 aliphatic rings. The number of hydrogen-bond donors (Lipinski definition) is 3. The van der Waals surface area contributed by atoms with E-state index in [9.17, 15) is 9.59 Å². The Morgan fingerprint density at radius 3 is 2.57 bits per heavy atom. The number of nitrogens with zero attached hydrogens (tertiary/aromatic N) is 1. The van der Waals surface area contributed by atoms with Crippen molar-refractivity contribution >= 4 is 23.4 Å². The van der Waals surface area contributed by atoms with Gasteiger partial charge in [-0.25, -0.2) is 9.78 Å². The van der Waals surface area contributed by atoms with Gasteiger partial charge in [-0.1, -0.05) is 13.8 Å². The van der Waals surface area contributed by atoms with Gasteiger partial charge in [0, 0.05) is 6.54 Å². The molecule has 1 unspecified atom stereocenters. The van der Waals surface area contributed by atoms with Gasteiger partial charge in [-0.15, -0.1) is 0 Å². The summed E-state index contributed by atoms with van der Waals surface area (Å²) in [5, 5.41) is 5.71. The lowest BCUT2D eigenvalue weighted by atomic mass is 10.2. The number of ether oxygens (including phenoxy) is 1. The first kappa shape index (κ1) is 16.7. The number of carbonyl (C=O) groups is 2. The van der Waals surface area contributed by atoms with Crippen molar-refractivity contribution in [2.45, 2.75) is 26.8 Å². The molecule has 1 rings (SSSR count). The lowest BCUT2D eigenvalue weighted by Gasteiger charge is -2.17. The summed E-state index contributed by atoms with van der Waals surface area (Å²) in [5.74, 6) is -0.0690. The van der Waals surface area contributed by atoms with E-state index in [1.54, 1.807) is 13.0 Å². The molecule has 0 radical (unpaired) electrons. The molecule has 0 aliphatic carbocycles.